The molecule has 1 heterocycles. The van der Waals surface area contributed by atoms with Gasteiger partial charge in [-0.3, -0.25) is 24.3 Å². The van der Waals surface area contributed by atoms with Crippen LogP contribution in [0.5, 0.6) is 0 Å². The van der Waals surface area contributed by atoms with E-state index in [4.69, 9.17) is 11.6 Å². The Morgan fingerprint density at radius 3 is 2.76 bits per heavy atom. The highest BCUT2D eigenvalue weighted by molar-refractivity contribution is 6.33. The Kier molecular flexibility index (Phi) is 4.44. The van der Waals surface area contributed by atoms with Crippen LogP contribution < -0.4 is 10.9 Å². The molecule has 0 saturated carbocycles. The SMILES string of the molecule is O=C(Cn1c(=O)cnc2ccccc21)Nc1ccc([N+](=O)[O-])cc1Cl. The Morgan fingerprint density at radius 2 is 2.04 bits per heavy atom. The van der Waals surface area contributed by atoms with Gasteiger partial charge in [0.2, 0.25) is 5.91 Å². The van der Waals surface area contributed by atoms with Crippen molar-refractivity contribution in [2.45, 2.75) is 6.54 Å². The normalized spacial score (nSPS) is 10.6. The molecule has 3 aromatic rings. The third kappa shape index (κ3) is 3.48. The highest BCUT2D eigenvalue weighted by atomic mass is 35.5. The lowest BCUT2D eigenvalue weighted by Crippen LogP contribution is -2.28. The molecule has 0 saturated heterocycles. The van der Waals surface area contributed by atoms with E-state index in [2.05, 4.69) is 10.3 Å². The highest BCUT2D eigenvalue weighted by Gasteiger charge is 2.13. The maximum atomic E-state index is 12.3. The van der Waals surface area contributed by atoms with Crippen molar-refractivity contribution in [3.8, 4) is 0 Å². The molecule has 0 aliphatic heterocycles. The number of halogens is 1. The molecule has 0 radical (unpaired) electrons. The number of hydrogen-bond donors (Lipinski definition) is 1. The van der Waals surface area contributed by atoms with Crippen LogP contribution in [0.4, 0.5) is 11.4 Å². The topological polar surface area (TPSA) is 107 Å². The number of aromatic nitrogens is 2. The molecule has 0 aliphatic carbocycles. The fourth-order valence-electron chi connectivity index (χ4n) is 2.33. The lowest BCUT2D eigenvalue weighted by molar-refractivity contribution is -0.384. The van der Waals surface area contributed by atoms with Gasteiger partial charge in [0.15, 0.2) is 0 Å². The zero-order valence-electron chi connectivity index (χ0n) is 12.7. The van der Waals surface area contributed by atoms with Gasteiger partial charge in [0.1, 0.15) is 6.54 Å². The summed E-state index contributed by atoms with van der Waals surface area (Å²) < 4.78 is 1.29. The van der Waals surface area contributed by atoms with E-state index in [1.54, 1.807) is 24.3 Å². The lowest BCUT2D eigenvalue weighted by Gasteiger charge is -2.10. The molecule has 0 spiro atoms. The molecule has 0 atom stereocenters. The van der Waals surface area contributed by atoms with Crippen LogP contribution in [-0.2, 0) is 11.3 Å². The summed E-state index contributed by atoms with van der Waals surface area (Å²) in [4.78, 5) is 38.4. The minimum absolute atomic E-state index is 0.0366. The van der Waals surface area contributed by atoms with Crippen molar-refractivity contribution in [2.24, 2.45) is 0 Å². The number of rotatable bonds is 4. The summed E-state index contributed by atoms with van der Waals surface area (Å²) in [6, 6.07) is 10.7. The van der Waals surface area contributed by atoms with Gasteiger partial charge in [-0.15, -0.1) is 0 Å². The number of amides is 1. The van der Waals surface area contributed by atoms with Gasteiger partial charge in [-0.25, -0.2) is 4.98 Å². The number of hydrogen-bond acceptors (Lipinski definition) is 5. The fourth-order valence-corrected chi connectivity index (χ4v) is 2.55. The van der Waals surface area contributed by atoms with Crippen LogP contribution in [0.1, 0.15) is 0 Å². The third-order valence-corrected chi connectivity index (χ3v) is 3.80. The van der Waals surface area contributed by atoms with Crippen LogP contribution >= 0.6 is 11.6 Å². The summed E-state index contributed by atoms with van der Waals surface area (Å²) in [6.07, 6.45) is 1.15. The summed E-state index contributed by atoms with van der Waals surface area (Å²) in [5.74, 6) is -0.491. The second-order valence-corrected chi connectivity index (χ2v) is 5.55. The standard InChI is InChI=1S/C16H11ClN4O4/c17-11-7-10(21(24)25)5-6-12(11)19-15(22)9-20-14-4-2-1-3-13(14)18-8-16(20)23/h1-8H,9H2,(H,19,22). The summed E-state index contributed by atoms with van der Waals surface area (Å²) in [7, 11) is 0. The molecule has 0 aliphatic rings. The first-order chi connectivity index (χ1) is 12.0. The van der Waals surface area contributed by atoms with Crippen molar-refractivity contribution in [2.75, 3.05) is 5.32 Å². The summed E-state index contributed by atoms with van der Waals surface area (Å²) in [5, 5.41) is 13.3. The number of para-hydroxylation sites is 2. The summed E-state index contributed by atoms with van der Waals surface area (Å²) in [6.45, 7) is -0.241. The largest absolute Gasteiger partial charge is 0.323 e. The first kappa shape index (κ1) is 16.6. The molecule has 8 nitrogen and oxygen atoms in total. The average molecular weight is 359 g/mol. The van der Waals surface area contributed by atoms with E-state index in [0.29, 0.717) is 11.0 Å². The van der Waals surface area contributed by atoms with Gasteiger partial charge in [-0.2, -0.15) is 0 Å². The zero-order valence-corrected chi connectivity index (χ0v) is 13.4. The number of non-ortho nitro benzene ring substituents is 1. The minimum atomic E-state index is -0.583. The van der Waals surface area contributed by atoms with Gasteiger partial charge in [-0.05, 0) is 18.2 Å². The first-order valence-electron chi connectivity index (χ1n) is 7.14. The molecule has 25 heavy (non-hydrogen) atoms. The lowest BCUT2D eigenvalue weighted by atomic mass is 10.2. The molecular formula is C16H11ClN4O4. The van der Waals surface area contributed by atoms with E-state index < -0.39 is 16.4 Å². The minimum Gasteiger partial charge on any atom is -0.323 e. The van der Waals surface area contributed by atoms with Gasteiger partial charge in [-0.1, -0.05) is 23.7 Å². The molecule has 1 amide bonds. The molecule has 3 rings (SSSR count). The van der Waals surface area contributed by atoms with Gasteiger partial charge in [0.25, 0.3) is 11.2 Å². The Bertz CT molecular complexity index is 1050. The third-order valence-electron chi connectivity index (χ3n) is 3.49. The van der Waals surface area contributed by atoms with Crippen molar-refractivity contribution in [1.82, 2.24) is 9.55 Å². The van der Waals surface area contributed by atoms with Crippen LogP contribution in [-0.4, -0.2) is 20.4 Å². The van der Waals surface area contributed by atoms with E-state index in [9.17, 15) is 19.7 Å². The molecule has 1 aromatic heterocycles. The fraction of sp³-hybridized carbons (Fsp3) is 0.0625. The Balaban J connectivity index is 1.86. The number of nitrogens with one attached hydrogen (secondary N) is 1. The number of carbonyl (C=O) groups is 1. The maximum absolute atomic E-state index is 12.3. The van der Waals surface area contributed by atoms with Crippen molar-refractivity contribution in [3.63, 3.8) is 0 Å². The Labute approximate surface area is 145 Å². The number of nitro groups is 1. The number of benzene rings is 2. The van der Waals surface area contributed by atoms with E-state index in [0.717, 1.165) is 12.3 Å². The summed E-state index contributed by atoms with van der Waals surface area (Å²) >= 11 is 5.95. The molecule has 0 fully saturated rings. The van der Waals surface area contributed by atoms with Crippen LogP contribution in [0, 0.1) is 10.1 Å². The molecular weight excluding hydrogens is 348 g/mol. The molecule has 1 N–H and O–H groups in total. The van der Waals surface area contributed by atoms with Crippen molar-refractivity contribution in [3.05, 3.63) is 74.2 Å². The Morgan fingerprint density at radius 1 is 1.28 bits per heavy atom. The molecule has 9 heteroatoms. The number of fused-ring (bicyclic) bond motifs is 1. The number of nitrogens with zero attached hydrogens (tertiary/aromatic N) is 3. The van der Waals surface area contributed by atoms with Crippen LogP contribution in [0.15, 0.2) is 53.5 Å². The number of carbonyl (C=O) groups excluding carboxylic acids is 1. The van der Waals surface area contributed by atoms with Crippen LogP contribution in [0.25, 0.3) is 11.0 Å². The van der Waals surface area contributed by atoms with E-state index in [1.165, 1.54) is 16.7 Å². The first-order valence-corrected chi connectivity index (χ1v) is 7.52. The van der Waals surface area contributed by atoms with E-state index >= 15 is 0 Å². The monoisotopic (exact) mass is 358 g/mol. The quantitative estimate of drug-likeness (QED) is 0.569. The Hall–Kier alpha value is -3.26. The predicted molar refractivity (Wildman–Crippen MR) is 92.7 cm³/mol. The molecule has 2 aromatic carbocycles. The predicted octanol–water partition coefficient (Wildman–Crippen LogP) is 2.60. The highest BCUT2D eigenvalue weighted by Crippen LogP contribution is 2.26. The van der Waals surface area contributed by atoms with Crippen molar-refractivity contribution < 1.29 is 9.72 Å². The number of nitro benzene ring substituents is 1. The maximum Gasteiger partial charge on any atom is 0.271 e. The van der Waals surface area contributed by atoms with E-state index in [1.807, 2.05) is 0 Å². The van der Waals surface area contributed by atoms with Gasteiger partial charge in [0, 0.05) is 12.1 Å². The summed E-state index contributed by atoms with van der Waals surface area (Å²) in [5.41, 5.74) is 0.745. The zero-order chi connectivity index (χ0) is 18.0. The van der Waals surface area contributed by atoms with Gasteiger partial charge in [0.05, 0.1) is 32.9 Å². The number of anilines is 1. The smallest absolute Gasteiger partial charge is 0.271 e. The second kappa shape index (κ2) is 6.70. The average Bonchev–Trinajstić information content (AvgIpc) is 2.59. The van der Waals surface area contributed by atoms with Crippen LogP contribution in [0.2, 0.25) is 5.02 Å². The molecule has 0 unspecified atom stereocenters. The van der Waals surface area contributed by atoms with Gasteiger partial charge < -0.3 is 5.32 Å². The van der Waals surface area contributed by atoms with Gasteiger partial charge >= 0.3 is 0 Å². The van der Waals surface area contributed by atoms with Crippen molar-refractivity contribution >= 4 is 39.9 Å². The molecule has 0 bridgehead atoms. The van der Waals surface area contributed by atoms with E-state index in [-0.39, 0.29) is 22.9 Å². The van der Waals surface area contributed by atoms with Crippen molar-refractivity contribution in [1.29, 1.82) is 0 Å². The van der Waals surface area contributed by atoms with Crippen LogP contribution in [0.3, 0.4) is 0 Å². The second-order valence-electron chi connectivity index (χ2n) is 5.14. The molecule has 126 valence electrons.